The van der Waals surface area contributed by atoms with Crippen molar-refractivity contribution in [2.45, 2.75) is 13.0 Å². The van der Waals surface area contributed by atoms with Crippen molar-refractivity contribution in [3.63, 3.8) is 0 Å². The quantitative estimate of drug-likeness (QED) is 0.849. The van der Waals surface area contributed by atoms with Gasteiger partial charge in [0.2, 0.25) is 11.2 Å². The second-order valence-corrected chi connectivity index (χ2v) is 4.10. The standard InChI is InChI=1S/C11H10O4S/c12-5-8-4-9(13)11(14)10(15-8)3-7-1-2-16-6-7/h1-2,4,6,12,14H,3,5H2. The smallest absolute Gasteiger partial charge is 0.227 e. The number of thiophene rings is 1. The molecule has 2 heterocycles. The zero-order valence-corrected chi connectivity index (χ0v) is 9.16. The Morgan fingerprint density at radius 1 is 1.44 bits per heavy atom. The Kier molecular flexibility index (Phi) is 3.07. The Balaban J connectivity index is 2.40. The zero-order valence-electron chi connectivity index (χ0n) is 8.34. The summed E-state index contributed by atoms with van der Waals surface area (Å²) in [6, 6.07) is 2.97. The van der Waals surface area contributed by atoms with Gasteiger partial charge in [0, 0.05) is 12.5 Å². The molecule has 0 spiro atoms. The van der Waals surface area contributed by atoms with Gasteiger partial charge >= 0.3 is 0 Å². The SMILES string of the molecule is O=c1cc(CO)oc(Cc2ccsc2)c1O. The summed E-state index contributed by atoms with van der Waals surface area (Å²) in [6.07, 6.45) is 0.346. The van der Waals surface area contributed by atoms with Crippen LogP contribution in [0.4, 0.5) is 0 Å². The van der Waals surface area contributed by atoms with E-state index in [9.17, 15) is 9.90 Å². The van der Waals surface area contributed by atoms with E-state index in [1.807, 2.05) is 16.8 Å². The molecule has 0 aliphatic carbocycles. The normalized spacial score (nSPS) is 10.6. The lowest BCUT2D eigenvalue weighted by atomic mass is 10.2. The largest absolute Gasteiger partial charge is 0.502 e. The lowest BCUT2D eigenvalue weighted by Crippen LogP contribution is -2.05. The molecular formula is C11H10O4S. The summed E-state index contributed by atoms with van der Waals surface area (Å²) in [5.41, 5.74) is 0.430. The molecule has 84 valence electrons. The number of aliphatic hydroxyl groups is 1. The van der Waals surface area contributed by atoms with Gasteiger partial charge in [-0.15, -0.1) is 0 Å². The lowest BCUT2D eigenvalue weighted by Gasteiger charge is -2.03. The zero-order chi connectivity index (χ0) is 11.5. The molecule has 2 aromatic heterocycles. The fourth-order valence-corrected chi connectivity index (χ4v) is 2.03. The van der Waals surface area contributed by atoms with E-state index in [0.29, 0.717) is 6.42 Å². The highest BCUT2D eigenvalue weighted by Crippen LogP contribution is 2.19. The van der Waals surface area contributed by atoms with Gasteiger partial charge in [0.05, 0.1) is 0 Å². The molecule has 0 bridgehead atoms. The van der Waals surface area contributed by atoms with E-state index in [0.717, 1.165) is 11.6 Å². The number of aliphatic hydroxyl groups excluding tert-OH is 1. The van der Waals surface area contributed by atoms with E-state index in [4.69, 9.17) is 9.52 Å². The second kappa shape index (κ2) is 4.51. The van der Waals surface area contributed by atoms with Crippen molar-refractivity contribution in [3.8, 4) is 5.75 Å². The summed E-state index contributed by atoms with van der Waals surface area (Å²) < 4.78 is 5.22. The Morgan fingerprint density at radius 3 is 2.88 bits per heavy atom. The van der Waals surface area contributed by atoms with E-state index >= 15 is 0 Å². The highest BCUT2D eigenvalue weighted by molar-refractivity contribution is 7.07. The van der Waals surface area contributed by atoms with E-state index in [1.54, 1.807) is 0 Å². The van der Waals surface area contributed by atoms with Crippen molar-refractivity contribution in [2.75, 3.05) is 0 Å². The predicted octanol–water partition coefficient (Wildman–Crippen LogP) is 1.49. The van der Waals surface area contributed by atoms with Crippen LogP contribution in [0.3, 0.4) is 0 Å². The van der Waals surface area contributed by atoms with Crippen molar-refractivity contribution in [1.82, 2.24) is 0 Å². The molecule has 0 radical (unpaired) electrons. The molecule has 0 saturated heterocycles. The van der Waals surface area contributed by atoms with Gasteiger partial charge in [-0.05, 0) is 22.4 Å². The van der Waals surface area contributed by atoms with Gasteiger partial charge < -0.3 is 14.6 Å². The van der Waals surface area contributed by atoms with Crippen LogP contribution in [0.5, 0.6) is 5.75 Å². The van der Waals surface area contributed by atoms with E-state index in [2.05, 4.69) is 0 Å². The molecule has 2 rings (SSSR count). The molecule has 0 aliphatic rings. The number of hydrogen-bond donors (Lipinski definition) is 2. The van der Waals surface area contributed by atoms with Gasteiger partial charge in [-0.1, -0.05) is 0 Å². The molecule has 0 fully saturated rings. The lowest BCUT2D eigenvalue weighted by molar-refractivity contribution is 0.236. The van der Waals surface area contributed by atoms with E-state index < -0.39 is 5.43 Å². The molecule has 2 aromatic rings. The third-order valence-electron chi connectivity index (χ3n) is 2.14. The highest BCUT2D eigenvalue weighted by atomic mass is 32.1. The maximum Gasteiger partial charge on any atom is 0.227 e. The van der Waals surface area contributed by atoms with Gasteiger partial charge in [-0.2, -0.15) is 11.3 Å². The Bertz CT molecular complexity index is 527. The van der Waals surface area contributed by atoms with Crippen molar-refractivity contribution in [1.29, 1.82) is 0 Å². The number of rotatable bonds is 3. The van der Waals surface area contributed by atoms with Crippen molar-refractivity contribution in [2.24, 2.45) is 0 Å². The summed E-state index contributed by atoms with van der Waals surface area (Å²) in [5.74, 6) is -0.0358. The van der Waals surface area contributed by atoms with Crippen molar-refractivity contribution >= 4 is 11.3 Å². The first-order valence-electron chi connectivity index (χ1n) is 4.67. The fraction of sp³-hybridized carbons (Fsp3) is 0.182. The molecular weight excluding hydrogens is 228 g/mol. The number of aromatic hydroxyl groups is 1. The summed E-state index contributed by atoms with van der Waals surface area (Å²) in [4.78, 5) is 11.3. The predicted molar refractivity (Wildman–Crippen MR) is 59.7 cm³/mol. The molecule has 16 heavy (non-hydrogen) atoms. The topological polar surface area (TPSA) is 70.7 Å². The van der Waals surface area contributed by atoms with Crippen LogP contribution in [0.1, 0.15) is 17.1 Å². The maximum absolute atomic E-state index is 11.3. The molecule has 2 N–H and O–H groups in total. The van der Waals surface area contributed by atoms with Crippen LogP contribution < -0.4 is 5.43 Å². The van der Waals surface area contributed by atoms with Gasteiger partial charge in [0.25, 0.3) is 0 Å². The van der Waals surface area contributed by atoms with Crippen LogP contribution in [0.25, 0.3) is 0 Å². The average Bonchev–Trinajstić information content (AvgIpc) is 2.77. The first kappa shape index (κ1) is 10.9. The Labute approximate surface area is 95.4 Å². The summed E-state index contributed by atoms with van der Waals surface area (Å²) in [7, 11) is 0. The van der Waals surface area contributed by atoms with Crippen molar-refractivity contribution < 1.29 is 14.6 Å². The maximum atomic E-state index is 11.3. The summed E-state index contributed by atoms with van der Waals surface area (Å²) >= 11 is 1.53. The first-order valence-corrected chi connectivity index (χ1v) is 5.62. The van der Waals surface area contributed by atoms with Crippen LogP contribution in [-0.4, -0.2) is 10.2 Å². The second-order valence-electron chi connectivity index (χ2n) is 3.32. The van der Waals surface area contributed by atoms with Gasteiger partial charge in [0.1, 0.15) is 12.4 Å². The highest BCUT2D eigenvalue weighted by Gasteiger charge is 2.11. The van der Waals surface area contributed by atoms with Crippen molar-refractivity contribution in [3.05, 3.63) is 50.2 Å². The van der Waals surface area contributed by atoms with Crippen LogP contribution >= 0.6 is 11.3 Å². The molecule has 0 saturated carbocycles. The summed E-state index contributed by atoms with van der Waals surface area (Å²) in [6.45, 7) is -0.355. The van der Waals surface area contributed by atoms with Crippen LogP contribution in [-0.2, 0) is 13.0 Å². The molecule has 0 unspecified atom stereocenters. The van der Waals surface area contributed by atoms with Crippen LogP contribution in [0.2, 0.25) is 0 Å². The molecule has 0 atom stereocenters. The Hall–Kier alpha value is -1.59. The molecule has 0 aliphatic heterocycles. The Morgan fingerprint density at radius 2 is 2.25 bits per heavy atom. The van der Waals surface area contributed by atoms with Crippen LogP contribution in [0, 0.1) is 0 Å². The molecule has 4 nitrogen and oxygen atoms in total. The van der Waals surface area contributed by atoms with Gasteiger partial charge in [-0.25, -0.2) is 0 Å². The van der Waals surface area contributed by atoms with Gasteiger partial charge in [-0.3, -0.25) is 4.79 Å². The minimum Gasteiger partial charge on any atom is -0.502 e. The molecule has 0 aromatic carbocycles. The first-order chi connectivity index (χ1) is 7.70. The molecule has 5 heteroatoms. The number of hydrogen-bond acceptors (Lipinski definition) is 5. The summed E-state index contributed by atoms with van der Waals surface area (Å²) in [5, 5.41) is 22.2. The fourth-order valence-electron chi connectivity index (χ4n) is 1.36. The molecule has 0 amide bonds. The third kappa shape index (κ3) is 2.15. The van der Waals surface area contributed by atoms with E-state index in [-0.39, 0.29) is 23.9 Å². The van der Waals surface area contributed by atoms with E-state index in [1.165, 1.54) is 11.3 Å². The monoisotopic (exact) mass is 238 g/mol. The van der Waals surface area contributed by atoms with Crippen LogP contribution in [0.15, 0.2) is 32.1 Å². The minimum atomic E-state index is -0.527. The minimum absolute atomic E-state index is 0.160. The average molecular weight is 238 g/mol. The van der Waals surface area contributed by atoms with Gasteiger partial charge in [0.15, 0.2) is 5.76 Å². The third-order valence-corrected chi connectivity index (χ3v) is 2.88.